The molecule has 2 aromatic rings. The number of likely N-dealkylation sites (tertiary alicyclic amines) is 1. The molecular weight excluding hydrogens is 349 g/mol. The molecule has 0 aliphatic carbocycles. The van der Waals surface area contributed by atoms with Crippen molar-refractivity contribution in [3.05, 3.63) is 59.8 Å². The number of aromatic nitrogens is 1. The van der Waals surface area contributed by atoms with Crippen LogP contribution in [0.1, 0.15) is 28.8 Å². The Morgan fingerprint density at radius 2 is 1.89 bits per heavy atom. The SMILES string of the molecule is COc1ccc(C(=O)N2CCC(F)(C(=O)NCc3ccccc3)CC2)cn1. The van der Waals surface area contributed by atoms with Crippen LogP contribution in [0.2, 0.25) is 0 Å². The minimum absolute atomic E-state index is 0.0249. The van der Waals surface area contributed by atoms with Gasteiger partial charge in [0.25, 0.3) is 11.8 Å². The second-order valence-electron chi connectivity index (χ2n) is 6.52. The fourth-order valence-corrected chi connectivity index (χ4v) is 3.04. The summed E-state index contributed by atoms with van der Waals surface area (Å²) in [6, 6.07) is 12.6. The number of nitrogens with zero attached hydrogens (tertiary/aromatic N) is 2. The smallest absolute Gasteiger partial charge is 0.258 e. The zero-order chi connectivity index (χ0) is 19.3. The normalized spacial score (nSPS) is 15.9. The lowest BCUT2D eigenvalue weighted by Gasteiger charge is -2.35. The summed E-state index contributed by atoms with van der Waals surface area (Å²) in [7, 11) is 1.50. The monoisotopic (exact) mass is 371 g/mol. The fourth-order valence-electron chi connectivity index (χ4n) is 3.04. The molecular formula is C20H22FN3O3. The van der Waals surface area contributed by atoms with E-state index in [1.165, 1.54) is 13.3 Å². The highest BCUT2D eigenvalue weighted by Crippen LogP contribution is 2.28. The Hall–Kier alpha value is -2.96. The van der Waals surface area contributed by atoms with Crippen LogP contribution in [0.25, 0.3) is 0 Å². The van der Waals surface area contributed by atoms with Crippen molar-refractivity contribution in [2.75, 3.05) is 20.2 Å². The van der Waals surface area contributed by atoms with Crippen LogP contribution in [0, 0.1) is 0 Å². The standard InChI is InChI=1S/C20H22FN3O3/c1-27-17-8-7-16(14-22-17)18(25)24-11-9-20(21,10-12-24)19(26)23-13-15-5-3-2-4-6-15/h2-8,14H,9-13H2,1H3,(H,23,26). The summed E-state index contributed by atoms with van der Waals surface area (Å²) in [6.45, 7) is 0.645. The summed E-state index contributed by atoms with van der Waals surface area (Å²) in [5.41, 5.74) is -0.631. The zero-order valence-electron chi connectivity index (χ0n) is 15.2. The van der Waals surface area contributed by atoms with Gasteiger partial charge < -0.3 is 15.0 Å². The van der Waals surface area contributed by atoms with Crippen molar-refractivity contribution in [1.82, 2.24) is 15.2 Å². The maximum Gasteiger partial charge on any atom is 0.258 e. The summed E-state index contributed by atoms with van der Waals surface area (Å²) < 4.78 is 20.0. The number of ether oxygens (including phenoxy) is 1. The van der Waals surface area contributed by atoms with Crippen molar-refractivity contribution in [2.45, 2.75) is 25.1 Å². The first-order valence-corrected chi connectivity index (χ1v) is 8.82. The Balaban J connectivity index is 1.54. The largest absolute Gasteiger partial charge is 0.481 e. The Morgan fingerprint density at radius 1 is 1.19 bits per heavy atom. The van der Waals surface area contributed by atoms with E-state index in [0.29, 0.717) is 11.4 Å². The zero-order valence-corrected chi connectivity index (χ0v) is 15.2. The Kier molecular flexibility index (Phi) is 5.69. The van der Waals surface area contributed by atoms with Crippen molar-refractivity contribution in [3.63, 3.8) is 0 Å². The molecule has 2 heterocycles. The summed E-state index contributed by atoms with van der Waals surface area (Å²) in [5, 5.41) is 2.66. The molecule has 0 bridgehead atoms. The number of pyridine rings is 1. The van der Waals surface area contributed by atoms with Gasteiger partial charge in [-0.05, 0) is 11.6 Å². The van der Waals surface area contributed by atoms with Crippen molar-refractivity contribution in [2.24, 2.45) is 0 Å². The third kappa shape index (κ3) is 4.42. The Labute approximate surface area is 157 Å². The molecule has 1 aliphatic rings. The van der Waals surface area contributed by atoms with Gasteiger partial charge in [-0.2, -0.15) is 0 Å². The van der Waals surface area contributed by atoms with Gasteiger partial charge in [0.2, 0.25) is 5.88 Å². The number of piperidine rings is 1. The van der Waals surface area contributed by atoms with Crippen LogP contribution in [-0.4, -0.2) is 47.6 Å². The number of nitrogens with one attached hydrogen (secondary N) is 1. The number of alkyl halides is 1. The summed E-state index contributed by atoms with van der Waals surface area (Å²) >= 11 is 0. The van der Waals surface area contributed by atoms with Crippen LogP contribution in [0.5, 0.6) is 5.88 Å². The summed E-state index contributed by atoms with van der Waals surface area (Å²) in [6.07, 6.45) is 1.39. The minimum Gasteiger partial charge on any atom is -0.481 e. The Morgan fingerprint density at radius 3 is 2.48 bits per heavy atom. The lowest BCUT2D eigenvalue weighted by molar-refractivity contribution is -0.135. The van der Waals surface area contributed by atoms with E-state index in [4.69, 9.17) is 4.74 Å². The van der Waals surface area contributed by atoms with Gasteiger partial charge in [-0.25, -0.2) is 9.37 Å². The molecule has 0 radical (unpaired) electrons. The molecule has 0 unspecified atom stereocenters. The van der Waals surface area contributed by atoms with E-state index >= 15 is 4.39 Å². The van der Waals surface area contributed by atoms with Crippen LogP contribution < -0.4 is 10.1 Å². The van der Waals surface area contributed by atoms with E-state index in [0.717, 1.165) is 5.56 Å². The van der Waals surface area contributed by atoms with Gasteiger partial charge in [-0.15, -0.1) is 0 Å². The highest BCUT2D eigenvalue weighted by Gasteiger charge is 2.42. The van der Waals surface area contributed by atoms with Crippen molar-refractivity contribution >= 4 is 11.8 Å². The first kappa shape index (κ1) is 18.8. The molecule has 1 saturated heterocycles. The molecule has 27 heavy (non-hydrogen) atoms. The molecule has 1 aromatic carbocycles. The van der Waals surface area contributed by atoms with Gasteiger partial charge >= 0.3 is 0 Å². The highest BCUT2D eigenvalue weighted by molar-refractivity contribution is 5.94. The average Bonchev–Trinajstić information content (AvgIpc) is 2.73. The first-order chi connectivity index (χ1) is 13.0. The van der Waals surface area contributed by atoms with E-state index < -0.39 is 11.6 Å². The number of benzene rings is 1. The minimum atomic E-state index is -1.95. The van der Waals surface area contributed by atoms with Crippen molar-refractivity contribution < 1.29 is 18.7 Å². The van der Waals surface area contributed by atoms with Gasteiger partial charge in [0.05, 0.1) is 12.7 Å². The van der Waals surface area contributed by atoms with E-state index in [1.54, 1.807) is 17.0 Å². The predicted molar refractivity (Wildman–Crippen MR) is 98.1 cm³/mol. The van der Waals surface area contributed by atoms with Gasteiger partial charge in [-0.3, -0.25) is 9.59 Å². The van der Waals surface area contributed by atoms with Crippen LogP contribution in [0.4, 0.5) is 4.39 Å². The number of halogens is 1. The van der Waals surface area contributed by atoms with Crippen LogP contribution in [-0.2, 0) is 11.3 Å². The van der Waals surface area contributed by atoms with E-state index in [1.807, 2.05) is 30.3 Å². The highest BCUT2D eigenvalue weighted by atomic mass is 19.1. The van der Waals surface area contributed by atoms with Crippen molar-refractivity contribution in [1.29, 1.82) is 0 Å². The molecule has 2 amide bonds. The number of hydrogen-bond acceptors (Lipinski definition) is 4. The molecule has 0 saturated carbocycles. The molecule has 142 valence electrons. The number of carbonyl (C=O) groups is 2. The molecule has 6 nitrogen and oxygen atoms in total. The number of methoxy groups -OCH3 is 1. The number of rotatable bonds is 5. The third-order valence-electron chi connectivity index (χ3n) is 4.74. The maximum atomic E-state index is 15.0. The third-order valence-corrected chi connectivity index (χ3v) is 4.74. The van der Waals surface area contributed by atoms with Crippen LogP contribution in [0.15, 0.2) is 48.7 Å². The van der Waals surface area contributed by atoms with Gasteiger partial charge in [0.1, 0.15) is 0 Å². The molecule has 0 atom stereocenters. The molecule has 7 heteroatoms. The average molecular weight is 371 g/mol. The second kappa shape index (κ2) is 8.16. The molecule has 3 rings (SSSR count). The fraction of sp³-hybridized carbons (Fsp3) is 0.350. The quantitative estimate of drug-likeness (QED) is 0.876. The summed E-state index contributed by atoms with van der Waals surface area (Å²) in [4.78, 5) is 30.4. The van der Waals surface area contributed by atoms with E-state index in [2.05, 4.69) is 10.3 Å². The van der Waals surface area contributed by atoms with Gasteiger partial charge in [0.15, 0.2) is 5.67 Å². The topological polar surface area (TPSA) is 71.5 Å². The summed E-state index contributed by atoms with van der Waals surface area (Å²) in [5.74, 6) is -0.426. The lowest BCUT2D eigenvalue weighted by atomic mass is 9.92. The molecule has 1 aliphatic heterocycles. The molecule has 1 fully saturated rings. The number of carbonyl (C=O) groups excluding carboxylic acids is 2. The van der Waals surface area contributed by atoms with E-state index in [9.17, 15) is 9.59 Å². The lowest BCUT2D eigenvalue weighted by Crippen LogP contribution is -2.52. The number of amides is 2. The first-order valence-electron chi connectivity index (χ1n) is 8.82. The van der Waals surface area contributed by atoms with Gasteiger partial charge in [-0.1, -0.05) is 30.3 Å². The molecule has 0 spiro atoms. The van der Waals surface area contributed by atoms with Crippen LogP contribution >= 0.6 is 0 Å². The van der Waals surface area contributed by atoms with Crippen LogP contribution in [0.3, 0.4) is 0 Å². The number of hydrogen-bond donors (Lipinski definition) is 1. The van der Waals surface area contributed by atoms with Gasteiger partial charge in [0, 0.05) is 44.7 Å². The molecule has 1 N–H and O–H groups in total. The van der Waals surface area contributed by atoms with E-state index in [-0.39, 0.29) is 38.4 Å². The maximum absolute atomic E-state index is 15.0. The van der Waals surface area contributed by atoms with Crippen molar-refractivity contribution in [3.8, 4) is 5.88 Å². The molecule has 1 aromatic heterocycles. The Bertz CT molecular complexity index is 788. The predicted octanol–water partition coefficient (Wildman–Crippen LogP) is 2.35. The second-order valence-corrected chi connectivity index (χ2v) is 6.52.